The Kier molecular flexibility index (Phi) is 8.65. The van der Waals surface area contributed by atoms with E-state index in [0.717, 1.165) is 4.47 Å². The minimum atomic E-state index is -0.288. The number of hydrogen-bond acceptors (Lipinski definition) is 4. The SMILES string of the molecule is O=C(CNC(=O)c1ccc(Br)cc1)NCCCOCCO. The number of aliphatic hydroxyl groups excluding tert-OH is 1. The lowest BCUT2D eigenvalue weighted by atomic mass is 10.2. The molecule has 21 heavy (non-hydrogen) atoms. The van der Waals surface area contributed by atoms with Crippen LogP contribution in [0.4, 0.5) is 0 Å². The molecule has 7 heteroatoms. The van der Waals surface area contributed by atoms with Crippen molar-refractivity contribution >= 4 is 27.7 Å². The van der Waals surface area contributed by atoms with Gasteiger partial charge in [-0.25, -0.2) is 0 Å². The van der Waals surface area contributed by atoms with Crippen molar-refractivity contribution in [3.63, 3.8) is 0 Å². The molecule has 0 fully saturated rings. The molecule has 0 spiro atoms. The first kappa shape index (κ1) is 17.6. The lowest BCUT2D eigenvalue weighted by Gasteiger charge is -2.07. The Morgan fingerprint density at radius 2 is 1.86 bits per heavy atom. The summed E-state index contributed by atoms with van der Waals surface area (Å²) in [6, 6.07) is 6.88. The van der Waals surface area contributed by atoms with Gasteiger partial charge in [-0.15, -0.1) is 0 Å². The second-order valence-electron chi connectivity index (χ2n) is 4.23. The van der Waals surface area contributed by atoms with Crippen LogP contribution in [0, 0.1) is 0 Å². The van der Waals surface area contributed by atoms with Crippen LogP contribution >= 0.6 is 15.9 Å². The van der Waals surface area contributed by atoms with Gasteiger partial charge in [-0.05, 0) is 30.7 Å². The summed E-state index contributed by atoms with van der Waals surface area (Å²) >= 11 is 3.29. The summed E-state index contributed by atoms with van der Waals surface area (Å²) in [5.41, 5.74) is 0.503. The van der Waals surface area contributed by atoms with Gasteiger partial charge in [0, 0.05) is 23.2 Å². The normalized spacial score (nSPS) is 10.2. The van der Waals surface area contributed by atoms with Crippen molar-refractivity contribution in [3.05, 3.63) is 34.3 Å². The van der Waals surface area contributed by atoms with Crippen molar-refractivity contribution in [3.8, 4) is 0 Å². The lowest BCUT2D eigenvalue weighted by Crippen LogP contribution is -2.37. The summed E-state index contributed by atoms with van der Waals surface area (Å²) in [5.74, 6) is -0.536. The Labute approximate surface area is 132 Å². The van der Waals surface area contributed by atoms with Crippen molar-refractivity contribution in [1.82, 2.24) is 10.6 Å². The number of amides is 2. The summed E-state index contributed by atoms with van der Waals surface area (Å²) in [5, 5.41) is 13.7. The van der Waals surface area contributed by atoms with E-state index in [9.17, 15) is 9.59 Å². The zero-order chi connectivity index (χ0) is 15.5. The molecule has 2 amide bonds. The van der Waals surface area contributed by atoms with E-state index < -0.39 is 0 Å². The maximum Gasteiger partial charge on any atom is 0.251 e. The van der Waals surface area contributed by atoms with Crippen LogP contribution in [-0.2, 0) is 9.53 Å². The van der Waals surface area contributed by atoms with Gasteiger partial charge in [-0.2, -0.15) is 0 Å². The topological polar surface area (TPSA) is 87.7 Å². The highest BCUT2D eigenvalue weighted by Crippen LogP contribution is 2.10. The molecule has 116 valence electrons. The number of nitrogens with one attached hydrogen (secondary N) is 2. The number of rotatable bonds is 9. The molecule has 1 aromatic carbocycles. The van der Waals surface area contributed by atoms with E-state index in [2.05, 4.69) is 26.6 Å². The van der Waals surface area contributed by atoms with Crippen LogP contribution in [0.3, 0.4) is 0 Å². The highest BCUT2D eigenvalue weighted by atomic mass is 79.9. The molecule has 3 N–H and O–H groups in total. The molecular weight excluding hydrogens is 340 g/mol. The fraction of sp³-hybridized carbons (Fsp3) is 0.429. The van der Waals surface area contributed by atoms with Crippen LogP contribution in [0.2, 0.25) is 0 Å². The minimum absolute atomic E-state index is 0.00551. The minimum Gasteiger partial charge on any atom is -0.394 e. The maximum absolute atomic E-state index is 11.8. The van der Waals surface area contributed by atoms with Crippen LogP contribution in [0.25, 0.3) is 0 Å². The average molecular weight is 359 g/mol. The van der Waals surface area contributed by atoms with Gasteiger partial charge in [-0.1, -0.05) is 15.9 Å². The van der Waals surface area contributed by atoms with Gasteiger partial charge >= 0.3 is 0 Å². The van der Waals surface area contributed by atoms with Crippen LogP contribution in [0.15, 0.2) is 28.7 Å². The molecular formula is C14H19BrN2O4. The highest BCUT2D eigenvalue weighted by molar-refractivity contribution is 9.10. The summed E-state index contributed by atoms with van der Waals surface area (Å²) in [6.07, 6.45) is 0.659. The molecule has 0 atom stereocenters. The first-order valence-corrected chi connectivity index (χ1v) is 7.42. The van der Waals surface area contributed by atoms with Gasteiger partial charge in [-0.3, -0.25) is 9.59 Å². The van der Waals surface area contributed by atoms with E-state index >= 15 is 0 Å². The Morgan fingerprint density at radius 3 is 2.52 bits per heavy atom. The Balaban J connectivity index is 2.15. The van der Waals surface area contributed by atoms with Crippen LogP contribution in [0.1, 0.15) is 16.8 Å². The number of carbonyl (C=O) groups is 2. The average Bonchev–Trinajstić information content (AvgIpc) is 2.49. The number of carbonyl (C=O) groups excluding carboxylic acids is 2. The summed E-state index contributed by atoms with van der Waals surface area (Å²) in [4.78, 5) is 23.3. The first-order valence-electron chi connectivity index (χ1n) is 6.62. The number of halogens is 1. The second-order valence-corrected chi connectivity index (χ2v) is 5.14. The van der Waals surface area contributed by atoms with E-state index in [4.69, 9.17) is 9.84 Å². The molecule has 1 rings (SSSR count). The van der Waals surface area contributed by atoms with E-state index in [1.165, 1.54) is 0 Å². The van der Waals surface area contributed by atoms with Gasteiger partial charge in [0.05, 0.1) is 19.8 Å². The van der Waals surface area contributed by atoms with Gasteiger partial charge in [0.1, 0.15) is 0 Å². The summed E-state index contributed by atoms with van der Waals surface area (Å²) in [7, 11) is 0. The molecule has 6 nitrogen and oxygen atoms in total. The van der Waals surface area contributed by atoms with E-state index in [1.54, 1.807) is 24.3 Å². The zero-order valence-electron chi connectivity index (χ0n) is 11.6. The van der Waals surface area contributed by atoms with E-state index in [-0.39, 0.29) is 25.0 Å². The van der Waals surface area contributed by atoms with Gasteiger partial charge in [0.2, 0.25) is 5.91 Å². The summed E-state index contributed by atoms with van der Waals surface area (Å²) < 4.78 is 5.94. The smallest absolute Gasteiger partial charge is 0.251 e. The molecule has 0 unspecified atom stereocenters. The Hall–Kier alpha value is -1.44. The van der Waals surface area contributed by atoms with Crippen molar-refractivity contribution in [1.29, 1.82) is 0 Å². The van der Waals surface area contributed by atoms with Crippen molar-refractivity contribution in [2.24, 2.45) is 0 Å². The fourth-order valence-electron chi connectivity index (χ4n) is 1.50. The van der Waals surface area contributed by atoms with Crippen LogP contribution in [-0.4, -0.2) is 49.8 Å². The number of aliphatic hydroxyl groups is 1. The first-order chi connectivity index (χ1) is 10.1. The molecule has 0 saturated carbocycles. The van der Waals surface area contributed by atoms with Crippen LogP contribution < -0.4 is 10.6 Å². The standard InChI is InChI=1S/C14H19BrN2O4/c15-12-4-2-11(3-5-12)14(20)17-10-13(19)16-6-1-8-21-9-7-18/h2-5,18H,1,6-10H2,(H,16,19)(H,17,20). The summed E-state index contributed by atoms with van der Waals surface area (Å²) in [6.45, 7) is 1.18. The molecule has 0 saturated heterocycles. The maximum atomic E-state index is 11.8. The fourth-order valence-corrected chi connectivity index (χ4v) is 1.76. The molecule has 0 aliphatic heterocycles. The third-order valence-corrected chi connectivity index (χ3v) is 3.07. The number of hydrogen-bond donors (Lipinski definition) is 3. The monoisotopic (exact) mass is 358 g/mol. The Bertz CT molecular complexity index is 451. The van der Waals surface area contributed by atoms with Gasteiger partial charge in [0.15, 0.2) is 0 Å². The van der Waals surface area contributed by atoms with Gasteiger partial charge < -0.3 is 20.5 Å². The lowest BCUT2D eigenvalue weighted by molar-refractivity contribution is -0.120. The highest BCUT2D eigenvalue weighted by Gasteiger charge is 2.07. The predicted molar refractivity (Wildman–Crippen MR) is 82.0 cm³/mol. The molecule has 0 heterocycles. The molecule has 0 aliphatic carbocycles. The molecule has 0 aliphatic rings. The van der Waals surface area contributed by atoms with Gasteiger partial charge in [0.25, 0.3) is 5.91 Å². The van der Waals surface area contributed by atoms with E-state index in [1.807, 2.05) is 0 Å². The van der Waals surface area contributed by atoms with Crippen molar-refractivity contribution < 1.29 is 19.4 Å². The van der Waals surface area contributed by atoms with Crippen molar-refractivity contribution in [2.75, 3.05) is 32.9 Å². The molecule has 0 bridgehead atoms. The molecule has 0 aromatic heterocycles. The molecule has 0 radical (unpaired) electrons. The number of ether oxygens (including phenoxy) is 1. The second kappa shape index (κ2) is 10.3. The quantitative estimate of drug-likeness (QED) is 0.567. The number of benzene rings is 1. The molecule has 1 aromatic rings. The van der Waals surface area contributed by atoms with Crippen LogP contribution in [0.5, 0.6) is 0 Å². The third-order valence-electron chi connectivity index (χ3n) is 2.54. The predicted octanol–water partition coefficient (Wildman–Crippen LogP) is 0.694. The Morgan fingerprint density at radius 1 is 1.14 bits per heavy atom. The largest absolute Gasteiger partial charge is 0.394 e. The van der Waals surface area contributed by atoms with E-state index in [0.29, 0.717) is 31.7 Å². The zero-order valence-corrected chi connectivity index (χ0v) is 13.2. The van der Waals surface area contributed by atoms with Crippen molar-refractivity contribution in [2.45, 2.75) is 6.42 Å². The third kappa shape index (κ3) is 7.79.